The molecule has 3 rings (SSSR count). The molecule has 0 spiro atoms. The van der Waals surface area contributed by atoms with Crippen molar-refractivity contribution in [1.29, 1.82) is 5.26 Å². The van der Waals surface area contributed by atoms with Crippen molar-refractivity contribution in [1.82, 2.24) is 4.98 Å². The normalized spacial score (nSPS) is 11.3. The Morgan fingerprint density at radius 3 is 2.38 bits per heavy atom. The van der Waals surface area contributed by atoms with Crippen LogP contribution < -0.4 is 0 Å². The fraction of sp³-hybridized carbons (Fsp3) is 0.100. The molecule has 0 bridgehead atoms. The smallest absolute Gasteiger partial charge is 0.134 e. The second-order valence-corrected chi connectivity index (χ2v) is 7.15. The van der Waals surface area contributed by atoms with Gasteiger partial charge in [0.15, 0.2) is 0 Å². The molecule has 0 unspecified atom stereocenters. The fourth-order valence-corrected chi connectivity index (χ4v) is 3.39. The standard InChI is InChI=1S/C20H15ClN2S/c1-13-3-7-16(8-4-13)19-14(2)24-20(23-19)17(12-22)11-15-5-9-18(21)10-6-15/h3-11H,1-2H3/b17-11+. The first-order valence-electron chi connectivity index (χ1n) is 7.49. The summed E-state index contributed by atoms with van der Waals surface area (Å²) in [6.07, 6.45) is 1.84. The van der Waals surface area contributed by atoms with Crippen molar-refractivity contribution in [3.05, 3.63) is 74.6 Å². The van der Waals surface area contributed by atoms with E-state index in [2.05, 4.69) is 37.3 Å². The average molecular weight is 351 g/mol. The molecule has 0 atom stereocenters. The highest BCUT2D eigenvalue weighted by Crippen LogP contribution is 2.31. The van der Waals surface area contributed by atoms with Crippen LogP contribution in [0.5, 0.6) is 0 Å². The molecule has 0 radical (unpaired) electrons. The maximum absolute atomic E-state index is 9.52. The molecule has 0 fully saturated rings. The summed E-state index contributed by atoms with van der Waals surface area (Å²) < 4.78 is 0. The Hall–Kier alpha value is -2.41. The Labute approximate surface area is 150 Å². The molecule has 1 aromatic heterocycles. The SMILES string of the molecule is Cc1ccc(-c2nc(/C(C#N)=C/c3ccc(Cl)cc3)sc2C)cc1. The monoisotopic (exact) mass is 350 g/mol. The van der Waals surface area contributed by atoms with Crippen LogP contribution in [-0.4, -0.2) is 4.98 Å². The molecular formula is C20H15ClN2S. The molecule has 0 saturated heterocycles. The summed E-state index contributed by atoms with van der Waals surface area (Å²) in [7, 11) is 0. The van der Waals surface area contributed by atoms with Crippen molar-refractivity contribution in [2.24, 2.45) is 0 Å². The number of benzene rings is 2. The molecule has 0 aliphatic heterocycles. The number of halogens is 1. The van der Waals surface area contributed by atoms with Crippen LogP contribution in [0, 0.1) is 25.2 Å². The molecule has 2 nitrogen and oxygen atoms in total. The van der Waals surface area contributed by atoms with E-state index in [1.54, 1.807) is 11.3 Å². The van der Waals surface area contributed by atoms with Gasteiger partial charge >= 0.3 is 0 Å². The van der Waals surface area contributed by atoms with E-state index in [1.165, 1.54) is 5.56 Å². The molecule has 24 heavy (non-hydrogen) atoms. The van der Waals surface area contributed by atoms with E-state index in [-0.39, 0.29) is 0 Å². The first-order chi connectivity index (χ1) is 11.6. The van der Waals surface area contributed by atoms with Gasteiger partial charge in [-0.05, 0) is 37.6 Å². The largest absolute Gasteiger partial charge is 0.235 e. The summed E-state index contributed by atoms with van der Waals surface area (Å²) in [6.45, 7) is 4.10. The number of aromatic nitrogens is 1. The summed E-state index contributed by atoms with van der Waals surface area (Å²) in [5.41, 5.74) is 4.72. The quantitative estimate of drug-likeness (QED) is 0.531. The Morgan fingerprint density at radius 2 is 1.75 bits per heavy atom. The lowest BCUT2D eigenvalue weighted by Crippen LogP contribution is -1.84. The van der Waals surface area contributed by atoms with Crippen LogP contribution >= 0.6 is 22.9 Å². The van der Waals surface area contributed by atoms with E-state index in [4.69, 9.17) is 16.6 Å². The molecule has 2 aromatic carbocycles. The molecule has 3 aromatic rings. The van der Waals surface area contributed by atoms with Crippen molar-refractivity contribution >= 4 is 34.6 Å². The zero-order chi connectivity index (χ0) is 17.1. The van der Waals surface area contributed by atoms with E-state index in [1.807, 2.05) is 37.3 Å². The molecule has 0 amide bonds. The second kappa shape index (κ2) is 7.00. The Kier molecular flexibility index (Phi) is 4.80. The van der Waals surface area contributed by atoms with Crippen LogP contribution in [0.3, 0.4) is 0 Å². The molecule has 0 aliphatic rings. The molecular weight excluding hydrogens is 336 g/mol. The van der Waals surface area contributed by atoms with Gasteiger partial charge in [0.25, 0.3) is 0 Å². The van der Waals surface area contributed by atoms with Crippen molar-refractivity contribution < 1.29 is 0 Å². The fourth-order valence-electron chi connectivity index (χ4n) is 2.36. The van der Waals surface area contributed by atoms with Crippen molar-refractivity contribution in [3.63, 3.8) is 0 Å². The minimum absolute atomic E-state index is 0.559. The van der Waals surface area contributed by atoms with E-state index in [9.17, 15) is 5.26 Å². The Bertz CT molecular complexity index is 929. The molecule has 118 valence electrons. The molecule has 0 saturated carbocycles. The summed E-state index contributed by atoms with van der Waals surface area (Å²) in [5.74, 6) is 0. The predicted molar refractivity (Wildman–Crippen MR) is 102 cm³/mol. The van der Waals surface area contributed by atoms with E-state index in [0.29, 0.717) is 10.6 Å². The first-order valence-corrected chi connectivity index (χ1v) is 8.68. The van der Waals surface area contributed by atoms with E-state index >= 15 is 0 Å². The third kappa shape index (κ3) is 3.56. The van der Waals surface area contributed by atoms with Gasteiger partial charge in [0, 0.05) is 15.5 Å². The van der Waals surface area contributed by atoms with Gasteiger partial charge in [0.05, 0.1) is 11.3 Å². The van der Waals surface area contributed by atoms with Crippen LogP contribution in [-0.2, 0) is 0 Å². The minimum atomic E-state index is 0.559. The number of hydrogen-bond donors (Lipinski definition) is 0. The van der Waals surface area contributed by atoms with Crippen LogP contribution in [0.1, 0.15) is 21.0 Å². The maximum Gasteiger partial charge on any atom is 0.134 e. The van der Waals surface area contributed by atoms with Crippen molar-refractivity contribution in [2.75, 3.05) is 0 Å². The number of allylic oxidation sites excluding steroid dienone is 1. The lowest BCUT2D eigenvalue weighted by molar-refractivity contribution is 1.34. The highest BCUT2D eigenvalue weighted by atomic mass is 35.5. The molecule has 0 aliphatic carbocycles. The van der Waals surface area contributed by atoms with Gasteiger partial charge in [-0.1, -0.05) is 53.6 Å². The summed E-state index contributed by atoms with van der Waals surface area (Å²) >= 11 is 7.45. The predicted octanol–water partition coefficient (Wildman–Crippen LogP) is 6.14. The number of thiazole rings is 1. The topological polar surface area (TPSA) is 36.7 Å². The number of rotatable bonds is 3. The lowest BCUT2D eigenvalue weighted by Gasteiger charge is -1.99. The van der Waals surface area contributed by atoms with Gasteiger partial charge in [-0.2, -0.15) is 5.26 Å². The van der Waals surface area contributed by atoms with Crippen LogP contribution in [0.4, 0.5) is 0 Å². The zero-order valence-electron chi connectivity index (χ0n) is 13.4. The highest BCUT2D eigenvalue weighted by Gasteiger charge is 2.13. The van der Waals surface area contributed by atoms with E-state index < -0.39 is 0 Å². The summed E-state index contributed by atoms with van der Waals surface area (Å²) in [4.78, 5) is 5.80. The van der Waals surface area contributed by atoms with Crippen LogP contribution in [0.15, 0.2) is 48.5 Å². The van der Waals surface area contributed by atoms with Gasteiger partial charge in [-0.3, -0.25) is 0 Å². The minimum Gasteiger partial charge on any atom is -0.235 e. The van der Waals surface area contributed by atoms with Gasteiger partial charge in [0.2, 0.25) is 0 Å². The number of aryl methyl sites for hydroxylation is 2. The summed E-state index contributed by atoms with van der Waals surface area (Å²) in [5, 5.41) is 10.9. The Morgan fingerprint density at radius 1 is 1.08 bits per heavy atom. The lowest BCUT2D eigenvalue weighted by atomic mass is 10.1. The molecule has 4 heteroatoms. The van der Waals surface area contributed by atoms with Gasteiger partial charge < -0.3 is 0 Å². The molecule has 1 heterocycles. The summed E-state index contributed by atoms with van der Waals surface area (Å²) in [6, 6.07) is 17.9. The average Bonchev–Trinajstić information content (AvgIpc) is 2.96. The Balaban J connectivity index is 1.99. The number of nitriles is 1. The van der Waals surface area contributed by atoms with Crippen LogP contribution in [0.2, 0.25) is 5.02 Å². The van der Waals surface area contributed by atoms with Crippen molar-refractivity contribution in [2.45, 2.75) is 13.8 Å². The third-order valence-electron chi connectivity index (χ3n) is 3.65. The number of nitrogens with zero attached hydrogens (tertiary/aromatic N) is 2. The highest BCUT2D eigenvalue weighted by molar-refractivity contribution is 7.13. The van der Waals surface area contributed by atoms with E-state index in [0.717, 1.165) is 26.7 Å². The van der Waals surface area contributed by atoms with Crippen LogP contribution in [0.25, 0.3) is 22.9 Å². The second-order valence-electron chi connectivity index (χ2n) is 5.51. The molecule has 0 N–H and O–H groups in total. The van der Waals surface area contributed by atoms with Crippen molar-refractivity contribution in [3.8, 4) is 17.3 Å². The third-order valence-corrected chi connectivity index (χ3v) is 4.91. The van der Waals surface area contributed by atoms with Gasteiger partial charge in [-0.15, -0.1) is 11.3 Å². The zero-order valence-corrected chi connectivity index (χ0v) is 14.9. The first kappa shape index (κ1) is 16.4. The van der Waals surface area contributed by atoms with Gasteiger partial charge in [0.1, 0.15) is 11.1 Å². The van der Waals surface area contributed by atoms with Gasteiger partial charge in [-0.25, -0.2) is 4.98 Å². The maximum atomic E-state index is 9.52. The number of hydrogen-bond acceptors (Lipinski definition) is 3.